The second kappa shape index (κ2) is 7.90. The fourth-order valence-corrected chi connectivity index (χ4v) is 2.85. The van der Waals surface area contributed by atoms with Crippen LogP contribution in [-0.2, 0) is 14.4 Å². The third-order valence-corrected chi connectivity index (χ3v) is 4.56. The van der Waals surface area contributed by atoms with Gasteiger partial charge in [-0.05, 0) is 0 Å². The van der Waals surface area contributed by atoms with Crippen LogP contribution in [0.2, 0.25) is 0 Å². The molecule has 1 rings (SSSR count). The van der Waals surface area contributed by atoms with E-state index in [9.17, 15) is 34.6 Å². The molecule has 0 unspecified atom stereocenters. The minimum Gasteiger partial charge on any atom is -0.480 e. The average Bonchev–Trinajstić information content (AvgIpc) is 2.42. The second-order valence-electron chi connectivity index (χ2n) is 5.27. The molecule has 134 valence electrons. The Morgan fingerprint density at radius 1 is 1.29 bits per heavy atom. The molecule has 0 bridgehead atoms. The van der Waals surface area contributed by atoms with Crippen LogP contribution in [0.25, 0.3) is 0 Å². The van der Waals surface area contributed by atoms with E-state index in [0.717, 1.165) is 16.7 Å². The van der Waals surface area contributed by atoms with Crippen LogP contribution < -0.4 is 5.32 Å². The van der Waals surface area contributed by atoms with Crippen molar-refractivity contribution >= 4 is 29.5 Å². The molecule has 24 heavy (non-hydrogen) atoms. The number of aliphatic carboxylic acids is 1. The zero-order chi connectivity index (χ0) is 18.5. The topological polar surface area (TPSA) is 173 Å². The van der Waals surface area contributed by atoms with Crippen LogP contribution in [0.1, 0.15) is 6.92 Å². The molecule has 0 aromatic rings. The summed E-state index contributed by atoms with van der Waals surface area (Å²) in [6.45, 7) is -0.102. The van der Waals surface area contributed by atoms with Gasteiger partial charge in [0.05, 0.1) is 5.75 Å². The fourth-order valence-electron chi connectivity index (χ4n) is 1.87. The maximum absolute atomic E-state index is 11.8. The zero-order valence-corrected chi connectivity index (χ0v) is 13.5. The van der Waals surface area contributed by atoms with E-state index in [0.29, 0.717) is 0 Å². The first kappa shape index (κ1) is 19.6. The number of rotatable bonds is 9. The molecule has 2 amide bonds. The Morgan fingerprint density at radius 2 is 1.83 bits per heavy atom. The molecule has 0 spiro atoms. The summed E-state index contributed by atoms with van der Waals surface area (Å²) in [5.74, 6) is -2.51. The lowest BCUT2D eigenvalue weighted by atomic mass is 10.0. The van der Waals surface area contributed by atoms with E-state index in [-0.39, 0.29) is 11.5 Å². The molecule has 1 saturated heterocycles. The van der Waals surface area contributed by atoms with Crippen LogP contribution in [0.5, 0.6) is 0 Å². The number of amides is 2. The predicted octanol–water partition coefficient (Wildman–Crippen LogP) is -1.35. The van der Waals surface area contributed by atoms with Gasteiger partial charge in [-0.25, -0.2) is 0 Å². The zero-order valence-electron chi connectivity index (χ0n) is 12.7. The van der Waals surface area contributed by atoms with Gasteiger partial charge in [-0.2, -0.15) is 11.8 Å². The molecular weight excluding hydrogens is 348 g/mol. The third-order valence-electron chi connectivity index (χ3n) is 3.38. The summed E-state index contributed by atoms with van der Waals surface area (Å²) in [7, 11) is 0. The highest BCUT2D eigenvalue weighted by Crippen LogP contribution is 2.26. The van der Waals surface area contributed by atoms with Crippen LogP contribution in [0.15, 0.2) is 0 Å². The number of nitrogens with one attached hydrogen (secondary N) is 1. The molecule has 13 heteroatoms. The normalized spacial score (nSPS) is 16.6. The first-order valence-corrected chi connectivity index (χ1v) is 7.89. The lowest BCUT2D eigenvalue weighted by Crippen LogP contribution is -2.71. The van der Waals surface area contributed by atoms with Crippen LogP contribution >= 0.6 is 11.8 Å². The van der Waals surface area contributed by atoms with Crippen molar-refractivity contribution in [3.63, 3.8) is 0 Å². The van der Waals surface area contributed by atoms with Crippen LogP contribution in [0.4, 0.5) is 0 Å². The van der Waals surface area contributed by atoms with Gasteiger partial charge in [0.2, 0.25) is 11.8 Å². The maximum atomic E-state index is 11.8. The van der Waals surface area contributed by atoms with E-state index in [1.807, 2.05) is 0 Å². The Labute approximate surface area is 139 Å². The van der Waals surface area contributed by atoms with Crippen molar-refractivity contribution in [3.05, 3.63) is 20.2 Å². The minimum absolute atomic E-state index is 0.0813. The summed E-state index contributed by atoms with van der Waals surface area (Å²) in [6, 6.07) is 0. The molecule has 1 aliphatic heterocycles. The van der Waals surface area contributed by atoms with E-state index in [1.165, 1.54) is 0 Å². The van der Waals surface area contributed by atoms with E-state index in [4.69, 9.17) is 5.11 Å². The Kier molecular flexibility index (Phi) is 6.45. The van der Waals surface area contributed by atoms with Crippen LogP contribution in [0.3, 0.4) is 0 Å². The monoisotopic (exact) mass is 364 g/mol. The van der Waals surface area contributed by atoms with Crippen molar-refractivity contribution in [3.8, 4) is 0 Å². The van der Waals surface area contributed by atoms with Gasteiger partial charge in [-0.3, -0.25) is 34.6 Å². The molecule has 0 saturated carbocycles. The highest BCUT2D eigenvalue weighted by atomic mass is 32.2. The Hall–Kier alpha value is -2.44. The molecule has 0 aromatic carbocycles. The quantitative estimate of drug-likeness (QED) is 0.285. The summed E-state index contributed by atoms with van der Waals surface area (Å²) in [6.07, 6.45) is 0. The summed E-state index contributed by atoms with van der Waals surface area (Å²) in [5.41, 5.74) is -2.33. The van der Waals surface area contributed by atoms with Crippen molar-refractivity contribution < 1.29 is 29.3 Å². The SMILES string of the molecule is C[C@@H](CSCC(=O)N1CC([N+](=O)[O-])([N+](=O)[O-])C1)C(=O)NCC(=O)O. The molecule has 2 N–H and O–H groups in total. The molecule has 1 fully saturated rings. The van der Waals surface area contributed by atoms with Crippen molar-refractivity contribution in [1.82, 2.24) is 10.2 Å². The fraction of sp³-hybridized carbons (Fsp3) is 0.727. The lowest BCUT2D eigenvalue weighted by molar-refractivity contribution is -0.809. The average molecular weight is 364 g/mol. The van der Waals surface area contributed by atoms with E-state index >= 15 is 0 Å². The van der Waals surface area contributed by atoms with E-state index < -0.39 is 58.8 Å². The molecule has 1 heterocycles. The predicted molar refractivity (Wildman–Crippen MR) is 80.4 cm³/mol. The highest BCUT2D eigenvalue weighted by molar-refractivity contribution is 7.99. The molecule has 0 aromatic heterocycles. The van der Waals surface area contributed by atoms with Gasteiger partial charge in [-0.1, -0.05) is 6.92 Å². The first-order chi connectivity index (χ1) is 11.1. The number of hydrogen-bond donors (Lipinski definition) is 2. The summed E-state index contributed by atoms with van der Waals surface area (Å²) in [5, 5.41) is 32.1. The van der Waals surface area contributed by atoms with Gasteiger partial charge in [0.25, 0.3) is 0 Å². The highest BCUT2D eigenvalue weighted by Gasteiger charge is 2.67. The minimum atomic E-state index is -2.33. The van der Waals surface area contributed by atoms with E-state index in [1.54, 1.807) is 6.92 Å². The largest absolute Gasteiger partial charge is 0.492 e. The number of thioether (sulfide) groups is 1. The Morgan fingerprint density at radius 3 is 2.29 bits per heavy atom. The Balaban J connectivity index is 2.33. The smallest absolute Gasteiger partial charge is 0.480 e. The summed E-state index contributed by atoms with van der Waals surface area (Å²) in [4.78, 5) is 54.1. The number of nitrogens with zero attached hydrogens (tertiary/aromatic N) is 3. The molecule has 1 atom stereocenters. The second-order valence-corrected chi connectivity index (χ2v) is 6.30. The first-order valence-electron chi connectivity index (χ1n) is 6.74. The van der Waals surface area contributed by atoms with Gasteiger partial charge >= 0.3 is 11.6 Å². The van der Waals surface area contributed by atoms with Gasteiger partial charge < -0.3 is 15.3 Å². The number of likely N-dealkylation sites (tertiary alicyclic amines) is 1. The van der Waals surface area contributed by atoms with Crippen molar-refractivity contribution in [1.29, 1.82) is 0 Å². The Bertz CT molecular complexity index is 546. The van der Waals surface area contributed by atoms with Crippen molar-refractivity contribution in [2.75, 3.05) is 31.1 Å². The number of carbonyl (C=O) groups excluding carboxylic acids is 2. The molecular formula is C11H16N4O8S. The number of carboxylic acid groups (broad SMARTS) is 1. The van der Waals surface area contributed by atoms with Crippen molar-refractivity contribution in [2.45, 2.75) is 12.6 Å². The van der Waals surface area contributed by atoms with Gasteiger partial charge in [-0.15, -0.1) is 0 Å². The number of nitro groups is 2. The van der Waals surface area contributed by atoms with Crippen molar-refractivity contribution in [2.24, 2.45) is 5.92 Å². The van der Waals surface area contributed by atoms with Gasteiger partial charge in [0.1, 0.15) is 16.4 Å². The molecule has 1 aliphatic rings. The number of carbonyl (C=O) groups is 3. The number of hydrogen-bond acceptors (Lipinski definition) is 8. The number of carboxylic acids is 1. The standard InChI is InChI=1S/C11H16N4O8S/c1-7(10(19)12-2-9(17)18)3-24-4-8(16)13-5-11(6-13,14(20)21)15(22)23/h7H,2-6H2,1H3,(H,12,19)(H,17,18)/t7-/m0/s1. The lowest BCUT2D eigenvalue weighted by Gasteiger charge is -2.35. The van der Waals surface area contributed by atoms with Gasteiger partial charge in [0, 0.05) is 11.7 Å². The van der Waals surface area contributed by atoms with Gasteiger partial charge in [0.15, 0.2) is 13.1 Å². The molecule has 0 aliphatic carbocycles. The summed E-state index contributed by atoms with van der Waals surface area (Å²) < 4.78 is 0. The summed E-state index contributed by atoms with van der Waals surface area (Å²) >= 11 is 1.09. The molecule has 0 radical (unpaired) electrons. The van der Waals surface area contributed by atoms with E-state index in [2.05, 4.69) is 5.32 Å². The van der Waals surface area contributed by atoms with Crippen LogP contribution in [-0.4, -0.2) is 74.4 Å². The van der Waals surface area contributed by atoms with Crippen LogP contribution in [0, 0.1) is 26.1 Å². The third kappa shape index (κ3) is 4.53. The molecule has 12 nitrogen and oxygen atoms in total. The maximum Gasteiger partial charge on any atom is 0.492 e.